The molecule has 13 heavy (non-hydrogen) atoms. The molecule has 0 bridgehead atoms. The third kappa shape index (κ3) is 1.21. The van der Waals surface area contributed by atoms with Gasteiger partial charge >= 0.3 is 0 Å². The Morgan fingerprint density at radius 3 is 2.77 bits per heavy atom. The van der Waals surface area contributed by atoms with E-state index < -0.39 is 17.9 Å². The van der Waals surface area contributed by atoms with Gasteiger partial charge in [0, 0.05) is 0 Å². The van der Waals surface area contributed by atoms with Gasteiger partial charge in [-0.3, -0.25) is 4.79 Å². The van der Waals surface area contributed by atoms with Crippen LogP contribution >= 0.6 is 0 Å². The zero-order valence-electron chi connectivity index (χ0n) is 7.10. The van der Waals surface area contributed by atoms with Crippen LogP contribution in [0.1, 0.15) is 17.2 Å². The van der Waals surface area contributed by atoms with Crippen molar-refractivity contribution in [3.8, 4) is 0 Å². The summed E-state index contributed by atoms with van der Waals surface area (Å²) in [6.07, 6.45) is -0.152. The Balaban J connectivity index is 2.38. The second-order valence-corrected chi connectivity index (χ2v) is 3.36. The molecule has 3 heteroatoms. The summed E-state index contributed by atoms with van der Waals surface area (Å²) in [6.45, 7) is 0. The molecule has 0 spiro atoms. The van der Waals surface area contributed by atoms with Crippen LogP contribution in [0, 0.1) is 5.92 Å². The molecule has 0 saturated heterocycles. The molecule has 2 atom stereocenters. The maximum absolute atomic E-state index is 10.9. The number of fused-ring (bicyclic) bond motifs is 1. The van der Waals surface area contributed by atoms with Gasteiger partial charge in [-0.25, -0.2) is 0 Å². The number of aliphatic hydroxyl groups excluding tert-OH is 1. The van der Waals surface area contributed by atoms with Gasteiger partial charge in [-0.15, -0.1) is 0 Å². The average molecular weight is 177 g/mol. The van der Waals surface area contributed by atoms with Crippen molar-refractivity contribution in [3.63, 3.8) is 0 Å². The molecule has 3 N–H and O–H groups in total. The molecule has 0 aromatic heterocycles. The van der Waals surface area contributed by atoms with Crippen molar-refractivity contribution in [3.05, 3.63) is 35.4 Å². The lowest BCUT2D eigenvalue weighted by atomic mass is 10.0. The molecule has 0 fully saturated rings. The van der Waals surface area contributed by atoms with Crippen LogP contribution in [0.2, 0.25) is 0 Å². The lowest BCUT2D eigenvalue weighted by Gasteiger charge is -2.09. The molecule has 0 saturated carbocycles. The van der Waals surface area contributed by atoms with E-state index in [1.54, 1.807) is 0 Å². The van der Waals surface area contributed by atoms with Crippen molar-refractivity contribution in [1.82, 2.24) is 0 Å². The van der Waals surface area contributed by atoms with Gasteiger partial charge in [-0.1, -0.05) is 24.3 Å². The van der Waals surface area contributed by atoms with E-state index in [0.717, 1.165) is 11.1 Å². The zero-order valence-corrected chi connectivity index (χ0v) is 7.10. The smallest absolute Gasteiger partial charge is 0.223 e. The highest BCUT2D eigenvalue weighted by Crippen LogP contribution is 2.35. The largest absolute Gasteiger partial charge is 0.388 e. The first kappa shape index (κ1) is 8.26. The van der Waals surface area contributed by atoms with Gasteiger partial charge in [0.05, 0.1) is 12.0 Å². The van der Waals surface area contributed by atoms with E-state index in [4.69, 9.17) is 5.73 Å². The van der Waals surface area contributed by atoms with Crippen molar-refractivity contribution in [1.29, 1.82) is 0 Å². The standard InChI is InChI=1S/C10H11NO2/c11-10(13)8-5-6-3-1-2-4-7(6)9(8)12/h1-4,8-9,12H,5H2,(H2,11,13)/t8-,9?/m1/s1. The summed E-state index contributed by atoms with van der Waals surface area (Å²) in [6, 6.07) is 7.50. The number of hydrogen-bond acceptors (Lipinski definition) is 2. The van der Waals surface area contributed by atoms with Crippen LogP contribution in [0.25, 0.3) is 0 Å². The van der Waals surface area contributed by atoms with E-state index in [1.165, 1.54) is 0 Å². The first-order valence-corrected chi connectivity index (χ1v) is 4.25. The van der Waals surface area contributed by atoms with E-state index >= 15 is 0 Å². The van der Waals surface area contributed by atoms with Gasteiger partial charge in [0.15, 0.2) is 0 Å². The van der Waals surface area contributed by atoms with Gasteiger partial charge in [-0.2, -0.15) is 0 Å². The second kappa shape index (κ2) is 2.85. The fourth-order valence-corrected chi connectivity index (χ4v) is 1.83. The van der Waals surface area contributed by atoms with Crippen LogP contribution in [0.4, 0.5) is 0 Å². The van der Waals surface area contributed by atoms with Crippen LogP contribution in [-0.4, -0.2) is 11.0 Å². The number of aliphatic hydroxyl groups is 1. The predicted octanol–water partition coefficient (Wildman–Crippen LogP) is 0.378. The molecule has 2 rings (SSSR count). The van der Waals surface area contributed by atoms with Crippen molar-refractivity contribution >= 4 is 5.91 Å². The summed E-state index contributed by atoms with van der Waals surface area (Å²) in [5, 5.41) is 9.71. The van der Waals surface area contributed by atoms with E-state index in [0.29, 0.717) is 6.42 Å². The Hall–Kier alpha value is -1.35. The van der Waals surface area contributed by atoms with Gasteiger partial charge < -0.3 is 10.8 Å². The third-order valence-corrected chi connectivity index (χ3v) is 2.56. The van der Waals surface area contributed by atoms with Crippen molar-refractivity contribution in [2.75, 3.05) is 0 Å². The van der Waals surface area contributed by atoms with Gasteiger partial charge in [0.25, 0.3) is 0 Å². The summed E-state index contributed by atoms with van der Waals surface area (Å²) in [5.41, 5.74) is 7.03. The number of amides is 1. The third-order valence-electron chi connectivity index (χ3n) is 2.56. The summed E-state index contributed by atoms with van der Waals surface area (Å²) in [7, 11) is 0. The van der Waals surface area contributed by atoms with E-state index in [1.807, 2.05) is 24.3 Å². The Bertz CT molecular complexity index is 349. The first-order valence-electron chi connectivity index (χ1n) is 4.25. The molecular weight excluding hydrogens is 166 g/mol. The molecule has 1 aromatic rings. The van der Waals surface area contributed by atoms with E-state index in [9.17, 15) is 9.90 Å². The fourth-order valence-electron chi connectivity index (χ4n) is 1.83. The number of nitrogens with two attached hydrogens (primary N) is 1. The van der Waals surface area contributed by atoms with Crippen LogP contribution in [0.3, 0.4) is 0 Å². The average Bonchev–Trinajstić information content (AvgIpc) is 2.45. The monoisotopic (exact) mass is 177 g/mol. The van der Waals surface area contributed by atoms with Gasteiger partial charge in [0.2, 0.25) is 5.91 Å². The van der Waals surface area contributed by atoms with Crippen LogP contribution in [0.5, 0.6) is 0 Å². The molecule has 1 aliphatic rings. The summed E-state index contributed by atoms with van der Waals surface area (Å²) >= 11 is 0. The molecule has 0 heterocycles. The van der Waals surface area contributed by atoms with Crippen LogP contribution in [-0.2, 0) is 11.2 Å². The summed E-state index contributed by atoms with van der Waals surface area (Å²) in [4.78, 5) is 10.9. The number of hydrogen-bond donors (Lipinski definition) is 2. The fraction of sp³-hybridized carbons (Fsp3) is 0.300. The van der Waals surface area contributed by atoms with Crippen molar-refractivity contribution in [2.24, 2.45) is 11.7 Å². The molecule has 0 aliphatic heterocycles. The van der Waals surface area contributed by atoms with Crippen LogP contribution in [0.15, 0.2) is 24.3 Å². The molecule has 1 aromatic carbocycles. The highest BCUT2D eigenvalue weighted by Gasteiger charge is 2.34. The Labute approximate surface area is 76.2 Å². The quantitative estimate of drug-likeness (QED) is 0.651. The van der Waals surface area contributed by atoms with Gasteiger partial charge in [-0.05, 0) is 17.5 Å². The molecule has 1 aliphatic carbocycles. The SMILES string of the molecule is NC(=O)[C@@H]1Cc2ccccc2C1O. The zero-order chi connectivity index (χ0) is 9.42. The minimum Gasteiger partial charge on any atom is -0.388 e. The highest BCUT2D eigenvalue weighted by atomic mass is 16.3. The number of carbonyl (C=O) groups is 1. The Morgan fingerprint density at radius 1 is 1.46 bits per heavy atom. The molecule has 0 radical (unpaired) electrons. The minimum absolute atomic E-state index is 0.427. The normalized spacial score (nSPS) is 25.6. The lowest BCUT2D eigenvalue weighted by molar-refractivity contribution is -0.124. The summed E-state index contributed by atoms with van der Waals surface area (Å²) in [5.74, 6) is -0.874. The Kier molecular flexibility index (Phi) is 1.81. The molecule has 68 valence electrons. The number of benzene rings is 1. The summed E-state index contributed by atoms with van der Waals surface area (Å²) < 4.78 is 0. The highest BCUT2D eigenvalue weighted by molar-refractivity contribution is 5.79. The number of carbonyl (C=O) groups excluding carboxylic acids is 1. The predicted molar refractivity (Wildman–Crippen MR) is 47.8 cm³/mol. The topological polar surface area (TPSA) is 63.3 Å². The lowest BCUT2D eigenvalue weighted by Crippen LogP contribution is -2.26. The maximum atomic E-state index is 10.9. The number of rotatable bonds is 1. The molecule has 1 unspecified atom stereocenters. The maximum Gasteiger partial charge on any atom is 0.223 e. The first-order chi connectivity index (χ1) is 6.20. The van der Waals surface area contributed by atoms with Gasteiger partial charge in [0.1, 0.15) is 0 Å². The van der Waals surface area contributed by atoms with Crippen LogP contribution < -0.4 is 5.73 Å². The molecule has 1 amide bonds. The second-order valence-electron chi connectivity index (χ2n) is 3.36. The minimum atomic E-state index is -0.714. The Morgan fingerprint density at radius 2 is 2.15 bits per heavy atom. The number of primary amides is 1. The van der Waals surface area contributed by atoms with E-state index in [-0.39, 0.29) is 0 Å². The van der Waals surface area contributed by atoms with E-state index in [2.05, 4.69) is 0 Å². The molecule has 3 nitrogen and oxygen atoms in total. The van der Waals surface area contributed by atoms with Crippen molar-refractivity contribution in [2.45, 2.75) is 12.5 Å². The molecular formula is C10H11NO2. The van der Waals surface area contributed by atoms with Crippen molar-refractivity contribution < 1.29 is 9.90 Å².